The van der Waals surface area contributed by atoms with Gasteiger partial charge >= 0.3 is 0 Å². The Morgan fingerprint density at radius 2 is 1.96 bits per heavy atom. The monoisotopic (exact) mass is 399 g/mol. The number of hydrogen-bond donors (Lipinski definition) is 2. The standard InChI is InChI=1S/C19H21N5O3S/c1-3-20-18(26)13(2)21-16(25)12-28-19-23-22-17(15-10-7-11-27-15)24(19)14-8-5-4-6-9-14/h4-11,13H,3,12H2,1-2H3,(H,20,26)(H,21,25)/t13-/m1/s1. The molecule has 1 aromatic carbocycles. The number of nitrogens with one attached hydrogen (secondary N) is 2. The Hall–Kier alpha value is -3.07. The van der Waals surface area contributed by atoms with Gasteiger partial charge in [0.15, 0.2) is 10.9 Å². The Bertz CT molecular complexity index is 924. The van der Waals surface area contributed by atoms with E-state index >= 15 is 0 Å². The van der Waals surface area contributed by atoms with Crippen LogP contribution in [0.25, 0.3) is 17.3 Å². The zero-order valence-electron chi connectivity index (χ0n) is 15.6. The summed E-state index contributed by atoms with van der Waals surface area (Å²) in [5, 5.41) is 14.4. The maximum atomic E-state index is 12.2. The molecule has 2 N–H and O–H groups in total. The second-order valence-electron chi connectivity index (χ2n) is 5.93. The van der Waals surface area contributed by atoms with E-state index in [4.69, 9.17) is 4.42 Å². The highest BCUT2D eigenvalue weighted by Crippen LogP contribution is 2.28. The first-order valence-electron chi connectivity index (χ1n) is 8.84. The zero-order chi connectivity index (χ0) is 19.9. The molecule has 8 nitrogen and oxygen atoms in total. The van der Waals surface area contributed by atoms with Crippen LogP contribution in [0, 0.1) is 0 Å². The Morgan fingerprint density at radius 1 is 1.18 bits per heavy atom. The van der Waals surface area contributed by atoms with Gasteiger partial charge in [0.25, 0.3) is 0 Å². The molecule has 28 heavy (non-hydrogen) atoms. The summed E-state index contributed by atoms with van der Waals surface area (Å²) in [5.74, 6) is 0.763. The summed E-state index contributed by atoms with van der Waals surface area (Å²) in [6.45, 7) is 3.99. The lowest BCUT2D eigenvalue weighted by molar-refractivity contribution is -0.127. The van der Waals surface area contributed by atoms with Crippen LogP contribution in [0.1, 0.15) is 13.8 Å². The molecule has 0 fully saturated rings. The van der Waals surface area contributed by atoms with Gasteiger partial charge in [0.2, 0.25) is 17.6 Å². The molecule has 0 unspecified atom stereocenters. The van der Waals surface area contributed by atoms with Crippen molar-refractivity contribution >= 4 is 23.6 Å². The molecule has 0 aliphatic heterocycles. The van der Waals surface area contributed by atoms with Crippen LogP contribution in [0.4, 0.5) is 0 Å². The third-order valence-electron chi connectivity index (χ3n) is 3.84. The summed E-state index contributed by atoms with van der Waals surface area (Å²) in [4.78, 5) is 24.0. The summed E-state index contributed by atoms with van der Waals surface area (Å²) in [6.07, 6.45) is 1.57. The maximum absolute atomic E-state index is 12.2. The lowest BCUT2D eigenvalue weighted by Gasteiger charge is -2.13. The third kappa shape index (κ3) is 4.61. The molecular formula is C19H21N5O3S. The van der Waals surface area contributed by atoms with E-state index in [1.807, 2.05) is 41.8 Å². The maximum Gasteiger partial charge on any atom is 0.242 e. The Balaban J connectivity index is 1.76. The number of para-hydroxylation sites is 1. The predicted octanol–water partition coefficient (Wildman–Crippen LogP) is 2.26. The van der Waals surface area contributed by atoms with Gasteiger partial charge in [0.1, 0.15) is 6.04 Å². The number of hydrogen-bond acceptors (Lipinski definition) is 6. The number of benzene rings is 1. The molecule has 0 aliphatic rings. The van der Waals surface area contributed by atoms with Gasteiger partial charge in [-0.05, 0) is 38.1 Å². The molecule has 2 aromatic heterocycles. The van der Waals surface area contributed by atoms with Gasteiger partial charge in [-0.15, -0.1) is 10.2 Å². The van der Waals surface area contributed by atoms with Gasteiger partial charge < -0.3 is 15.1 Å². The molecule has 0 saturated carbocycles. The lowest BCUT2D eigenvalue weighted by Crippen LogP contribution is -2.45. The van der Waals surface area contributed by atoms with Crippen molar-refractivity contribution < 1.29 is 14.0 Å². The summed E-state index contributed by atoms with van der Waals surface area (Å²) >= 11 is 1.24. The van der Waals surface area contributed by atoms with E-state index in [1.54, 1.807) is 25.3 Å². The summed E-state index contributed by atoms with van der Waals surface area (Å²) < 4.78 is 7.30. The largest absolute Gasteiger partial charge is 0.461 e. The van der Waals surface area contributed by atoms with Crippen molar-refractivity contribution in [1.29, 1.82) is 0 Å². The van der Waals surface area contributed by atoms with Crippen LogP contribution in [0.5, 0.6) is 0 Å². The Morgan fingerprint density at radius 3 is 2.64 bits per heavy atom. The number of likely N-dealkylation sites (N-methyl/N-ethyl adjacent to an activating group) is 1. The van der Waals surface area contributed by atoms with Crippen LogP contribution in [-0.4, -0.2) is 44.9 Å². The molecular weight excluding hydrogens is 378 g/mol. The van der Waals surface area contributed by atoms with E-state index in [0.29, 0.717) is 23.3 Å². The highest BCUT2D eigenvalue weighted by molar-refractivity contribution is 7.99. The number of aromatic nitrogens is 3. The van der Waals surface area contributed by atoms with Crippen LogP contribution < -0.4 is 10.6 Å². The van der Waals surface area contributed by atoms with E-state index in [2.05, 4.69) is 20.8 Å². The quantitative estimate of drug-likeness (QED) is 0.564. The van der Waals surface area contributed by atoms with Gasteiger partial charge in [-0.3, -0.25) is 14.2 Å². The van der Waals surface area contributed by atoms with E-state index in [-0.39, 0.29) is 17.6 Å². The highest BCUT2D eigenvalue weighted by atomic mass is 32.2. The second kappa shape index (κ2) is 9.23. The van der Waals surface area contributed by atoms with Crippen LogP contribution in [0.3, 0.4) is 0 Å². The van der Waals surface area contributed by atoms with E-state index < -0.39 is 6.04 Å². The van der Waals surface area contributed by atoms with Gasteiger partial charge in [-0.2, -0.15) is 0 Å². The minimum absolute atomic E-state index is 0.104. The molecule has 9 heteroatoms. The summed E-state index contributed by atoms with van der Waals surface area (Å²) in [7, 11) is 0. The minimum Gasteiger partial charge on any atom is -0.461 e. The Labute approximate surface area is 166 Å². The average Bonchev–Trinajstić information content (AvgIpc) is 3.36. The molecule has 0 spiro atoms. The SMILES string of the molecule is CCNC(=O)[C@@H](C)NC(=O)CSc1nnc(-c2ccco2)n1-c1ccccc1. The van der Waals surface area contributed by atoms with Gasteiger partial charge in [0.05, 0.1) is 12.0 Å². The normalized spacial score (nSPS) is 11.8. The van der Waals surface area contributed by atoms with E-state index in [1.165, 1.54) is 11.8 Å². The van der Waals surface area contributed by atoms with Crippen molar-refractivity contribution in [3.05, 3.63) is 48.7 Å². The highest BCUT2D eigenvalue weighted by Gasteiger charge is 2.20. The number of furan rings is 1. The van der Waals surface area contributed by atoms with Crippen molar-refractivity contribution in [1.82, 2.24) is 25.4 Å². The fraction of sp³-hybridized carbons (Fsp3) is 0.263. The third-order valence-corrected chi connectivity index (χ3v) is 4.77. The predicted molar refractivity (Wildman–Crippen MR) is 106 cm³/mol. The fourth-order valence-corrected chi connectivity index (χ4v) is 3.31. The summed E-state index contributed by atoms with van der Waals surface area (Å²) in [6, 6.07) is 12.6. The Kier molecular flexibility index (Phi) is 6.49. The van der Waals surface area contributed by atoms with Crippen molar-refractivity contribution in [3.63, 3.8) is 0 Å². The number of rotatable bonds is 8. The van der Waals surface area contributed by atoms with Gasteiger partial charge in [-0.1, -0.05) is 30.0 Å². The summed E-state index contributed by atoms with van der Waals surface area (Å²) in [5.41, 5.74) is 0.859. The zero-order valence-corrected chi connectivity index (χ0v) is 16.4. The smallest absolute Gasteiger partial charge is 0.242 e. The topological polar surface area (TPSA) is 102 Å². The van der Waals surface area contributed by atoms with Crippen LogP contribution >= 0.6 is 11.8 Å². The number of carbonyl (C=O) groups excluding carboxylic acids is 2. The average molecular weight is 399 g/mol. The molecule has 3 aromatic rings. The number of carbonyl (C=O) groups is 2. The molecule has 0 bridgehead atoms. The van der Waals surface area contributed by atoms with E-state index in [9.17, 15) is 9.59 Å². The molecule has 0 aliphatic carbocycles. The lowest BCUT2D eigenvalue weighted by atomic mass is 10.3. The number of nitrogens with zero attached hydrogens (tertiary/aromatic N) is 3. The first kappa shape index (κ1) is 19.7. The van der Waals surface area contributed by atoms with Gasteiger partial charge in [0, 0.05) is 12.2 Å². The van der Waals surface area contributed by atoms with Crippen LogP contribution in [-0.2, 0) is 9.59 Å². The molecule has 146 valence electrons. The molecule has 2 heterocycles. The van der Waals surface area contributed by atoms with Crippen molar-refractivity contribution in [3.8, 4) is 17.3 Å². The first-order valence-corrected chi connectivity index (χ1v) is 9.83. The van der Waals surface area contributed by atoms with Crippen LogP contribution in [0.15, 0.2) is 58.3 Å². The first-order chi connectivity index (χ1) is 13.6. The number of amides is 2. The fourth-order valence-electron chi connectivity index (χ4n) is 2.54. The van der Waals surface area contributed by atoms with Crippen molar-refractivity contribution in [2.75, 3.05) is 12.3 Å². The van der Waals surface area contributed by atoms with E-state index in [0.717, 1.165) is 5.69 Å². The molecule has 3 rings (SSSR count). The van der Waals surface area contributed by atoms with Crippen molar-refractivity contribution in [2.45, 2.75) is 25.0 Å². The minimum atomic E-state index is -0.598. The molecule has 0 saturated heterocycles. The number of thioether (sulfide) groups is 1. The van der Waals surface area contributed by atoms with Crippen LogP contribution in [0.2, 0.25) is 0 Å². The van der Waals surface area contributed by atoms with Crippen molar-refractivity contribution in [2.24, 2.45) is 0 Å². The second-order valence-corrected chi connectivity index (χ2v) is 6.87. The molecule has 1 atom stereocenters. The molecule has 2 amide bonds. The van der Waals surface area contributed by atoms with Gasteiger partial charge in [-0.25, -0.2) is 0 Å². The molecule has 0 radical (unpaired) electrons.